The van der Waals surface area contributed by atoms with E-state index in [0.29, 0.717) is 25.7 Å². The Morgan fingerprint density at radius 2 is 1.65 bits per heavy atom. The number of ether oxygens (including phenoxy) is 2. The molecule has 0 fully saturated rings. The van der Waals surface area contributed by atoms with Crippen LogP contribution in [0.1, 0.15) is 37.0 Å². The van der Waals surface area contributed by atoms with E-state index < -0.39 is 18.1 Å². The van der Waals surface area contributed by atoms with Crippen LogP contribution in [0.2, 0.25) is 0 Å². The molecule has 182 valence electrons. The Kier molecular flexibility index (Phi) is 9.22. The highest BCUT2D eigenvalue weighted by Crippen LogP contribution is 2.26. The molecule has 7 nitrogen and oxygen atoms in total. The monoisotopic (exact) mass is 466 g/mol. The van der Waals surface area contributed by atoms with E-state index in [1.165, 1.54) is 18.2 Å². The minimum Gasteiger partial charge on any atom is -0.468 e. The summed E-state index contributed by atoms with van der Waals surface area (Å²) in [5.74, 6) is -1.09. The van der Waals surface area contributed by atoms with E-state index in [-0.39, 0.29) is 31.1 Å². The van der Waals surface area contributed by atoms with Crippen molar-refractivity contribution in [1.82, 2.24) is 10.2 Å². The molecule has 2 aromatic carbocycles. The number of hydrogen-bond acceptors (Lipinski definition) is 6. The van der Waals surface area contributed by atoms with Gasteiger partial charge in [-0.2, -0.15) is 0 Å². The Bertz CT molecular complexity index is 953. The molecule has 7 heteroatoms. The van der Waals surface area contributed by atoms with Crippen LogP contribution in [0.25, 0.3) is 0 Å². The summed E-state index contributed by atoms with van der Waals surface area (Å²) in [6.45, 7) is 3.62. The number of carbonyl (C=O) groups is 3. The van der Waals surface area contributed by atoms with E-state index in [1.54, 1.807) is 18.7 Å². The Morgan fingerprint density at radius 1 is 1.03 bits per heavy atom. The SMILES string of the molecule is CCOC(=O)[C@H](CCc1ccccc1)N[C@@H](C)C(=O)N(CC(=O)OC)C1Cc2ccccc2C1. The molecule has 0 saturated heterocycles. The van der Waals surface area contributed by atoms with Crippen LogP contribution in [0.15, 0.2) is 54.6 Å². The average Bonchev–Trinajstić information content (AvgIpc) is 3.29. The summed E-state index contributed by atoms with van der Waals surface area (Å²) in [7, 11) is 1.32. The summed E-state index contributed by atoms with van der Waals surface area (Å²) in [5.41, 5.74) is 3.47. The molecular formula is C27H34N2O5. The van der Waals surface area contributed by atoms with Gasteiger partial charge < -0.3 is 14.4 Å². The lowest BCUT2D eigenvalue weighted by molar-refractivity contribution is -0.150. The summed E-state index contributed by atoms with van der Waals surface area (Å²) in [4.78, 5) is 39.9. The highest BCUT2D eigenvalue weighted by atomic mass is 16.5. The molecule has 0 spiro atoms. The van der Waals surface area contributed by atoms with Crippen molar-refractivity contribution in [3.63, 3.8) is 0 Å². The fourth-order valence-electron chi connectivity index (χ4n) is 4.44. The predicted molar refractivity (Wildman–Crippen MR) is 129 cm³/mol. The van der Waals surface area contributed by atoms with Crippen molar-refractivity contribution >= 4 is 17.8 Å². The van der Waals surface area contributed by atoms with Gasteiger partial charge in [-0.1, -0.05) is 54.6 Å². The number of methoxy groups -OCH3 is 1. The Hall–Kier alpha value is -3.19. The van der Waals surface area contributed by atoms with Crippen LogP contribution in [0.3, 0.4) is 0 Å². The zero-order valence-electron chi connectivity index (χ0n) is 20.2. The second-order valence-electron chi connectivity index (χ2n) is 8.59. The third-order valence-electron chi connectivity index (χ3n) is 6.24. The van der Waals surface area contributed by atoms with Crippen molar-refractivity contribution in [2.24, 2.45) is 0 Å². The summed E-state index contributed by atoms with van der Waals surface area (Å²) >= 11 is 0. The highest BCUT2D eigenvalue weighted by molar-refractivity contribution is 5.87. The third kappa shape index (κ3) is 6.67. The number of aryl methyl sites for hydroxylation is 1. The van der Waals surface area contributed by atoms with E-state index >= 15 is 0 Å². The quantitative estimate of drug-likeness (QED) is 0.513. The number of nitrogens with zero attached hydrogens (tertiary/aromatic N) is 1. The number of hydrogen-bond donors (Lipinski definition) is 1. The van der Waals surface area contributed by atoms with Crippen LogP contribution in [-0.2, 0) is 43.1 Å². The summed E-state index contributed by atoms with van der Waals surface area (Å²) in [6.07, 6.45) is 2.52. The summed E-state index contributed by atoms with van der Waals surface area (Å²) in [6, 6.07) is 16.5. The molecule has 0 heterocycles. The molecule has 0 aliphatic heterocycles. The van der Waals surface area contributed by atoms with Crippen molar-refractivity contribution in [1.29, 1.82) is 0 Å². The van der Waals surface area contributed by atoms with Crippen LogP contribution in [0.4, 0.5) is 0 Å². The minimum absolute atomic E-state index is 0.131. The molecule has 34 heavy (non-hydrogen) atoms. The van der Waals surface area contributed by atoms with E-state index in [4.69, 9.17) is 9.47 Å². The van der Waals surface area contributed by atoms with Gasteiger partial charge in [-0.25, -0.2) is 0 Å². The van der Waals surface area contributed by atoms with Gasteiger partial charge in [0.2, 0.25) is 5.91 Å². The number of rotatable bonds is 11. The van der Waals surface area contributed by atoms with Crippen LogP contribution < -0.4 is 5.32 Å². The maximum absolute atomic E-state index is 13.5. The van der Waals surface area contributed by atoms with Gasteiger partial charge in [0.05, 0.1) is 19.8 Å². The zero-order valence-corrected chi connectivity index (χ0v) is 20.2. The lowest BCUT2D eigenvalue weighted by atomic mass is 10.0. The second kappa shape index (κ2) is 12.3. The van der Waals surface area contributed by atoms with E-state index in [0.717, 1.165) is 5.56 Å². The van der Waals surface area contributed by atoms with Crippen LogP contribution in [0, 0.1) is 0 Å². The van der Waals surface area contributed by atoms with Crippen LogP contribution >= 0.6 is 0 Å². The van der Waals surface area contributed by atoms with Crippen molar-refractivity contribution < 1.29 is 23.9 Å². The molecule has 2 aromatic rings. The number of carbonyl (C=O) groups excluding carboxylic acids is 3. The van der Waals surface area contributed by atoms with Crippen LogP contribution in [0.5, 0.6) is 0 Å². The first kappa shape index (κ1) is 25.4. The standard InChI is InChI=1S/C27H34N2O5/c1-4-34-27(32)24(15-14-20-10-6-5-7-11-20)28-19(2)26(31)29(18-25(30)33-3)23-16-21-12-8-9-13-22(21)17-23/h5-13,19,23-24,28H,4,14-18H2,1-3H3/t19-,24-/m0/s1. The molecule has 0 aromatic heterocycles. The molecular weight excluding hydrogens is 432 g/mol. The normalized spacial score (nSPS) is 14.7. The van der Waals surface area contributed by atoms with Crippen LogP contribution in [-0.4, -0.2) is 61.1 Å². The molecule has 1 aliphatic carbocycles. The van der Waals surface area contributed by atoms with Gasteiger partial charge >= 0.3 is 11.9 Å². The fourth-order valence-corrected chi connectivity index (χ4v) is 4.44. The van der Waals surface area contributed by atoms with Gasteiger partial charge in [0.25, 0.3) is 0 Å². The minimum atomic E-state index is -0.682. The number of benzene rings is 2. The molecule has 2 atom stereocenters. The molecule has 0 radical (unpaired) electrons. The van der Waals surface area contributed by atoms with Crippen molar-refractivity contribution in [3.05, 3.63) is 71.3 Å². The topological polar surface area (TPSA) is 84.9 Å². The van der Waals surface area contributed by atoms with Gasteiger partial charge in [0, 0.05) is 6.04 Å². The van der Waals surface area contributed by atoms with Crippen molar-refractivity contribution in [2.45, 2.75) is 57.7 Å². The maximum Gasteiger partial charge on any atom is 0.325 e. The fraction of sp³-hybridized carbons (Fsp3) is 0.444. The zero-order chi connectivity index (χ0) is 24.5. The smallest absolute Gasteiger partial charge is 0.325 e. The van der Waals surface area contributed by atoms with Gasteiger partial charge in [0.1, 0.15) is 12.6 Å². The average molecular weight is 467 g/mol. The molecule has 3 rings (SSSR count). The molecule has 1 amide bonds. The highest BCUT2D eigenvalue weighted by Gasteiger charge is 2.35. The number of esters is 2. The molecule has 0 saturated carbocycles. The van der Waals surface area contributed by atoms with Gasteiger partial charge in [-0.05, 0) is 56.2 Å². The number of nitrogens with one attached hydrogen (secondary N) is 1. The Balaban J connectivity index is 1.71. The van der Waals surface area contributed by atoms with Gasteiger partial charge in [-0.3, -0.25) is 19.7 Å². The predicted octanol–water partition coefficient (Wildman–Crippen LogP) is 2.70. The van der Waals surface area contributed by atoms with Crippen molar-refractivity contribution in [3.8, 4) is 0 Å². The molecule has 0 bridgehead atoms. The largest absolute Gasteiger partial charge is 0.468 e. The molecule has 1 aliphatic rings. The number of fused-ring (bicyclic) bond motifs is 1. The van der Waals surface area contributed by atoms with E-state index in [1.807, 2.05) is 42.5 Å². The third-order valence-corrected chi connectivity index (χ3v) is 6.24. The molecule has 0 unspecified atom stereocenters. The first-order valence-corrected chi connectivity index (χ1v) is 11.8. The van der Waals surface area contributed by atoms with Gasteiger partial charge in [0.15, 0.2) is 0 Å². The lowest BCUT2D eigenvalue weighted by Crippen LogP contribution is -2.55. The number of amides is 1. The first-order valence-electron chi connectivity index (χ1n) is 11.8. The summed E-state index contributed by atoms with van der Waals surface area (Å²) < 4.78 is 10.1. The Labute approximate surface area is 201 Å². The second-order valence-corrected chi connectivity index (χ2v) is 8.59. The van der Waals surface area contributed by atoms with Crippen molar-refractivity contribution in [2.75, 3.05) is 20.3 Å². The van der Waals surface area contributed by atoms with Gasteiger partial charge in [-0.15, -0.1) is 0 Å². The Morgan fingerprint density at radius 3 is 2.24 bits per heavy atom. The first-order chi connectivity index (χ1) is 16.4. The maximum atomic E-state index is 13.5. The van der Waals surface area contributed by atoms with E-state index in [2.05, 4.69) is 17.4 Å². The van der Waals surface area contributed by atoms with E-state index in [9.17, 15) is 14.4 Å². The molecule has 1 N–H and O–H groups in total. The summed E-state index contributed by atoms with van der Waals surface area (Å²) in [5, 5.41) is 3.17. The lowest BCUT2D eigenvalue weighted by Gasteiger charge is -2.32.